The average Bonchev–Trinajstić information content (AvgIpc) is 2.11. The van der Waals surface area contributed by atoms with Gasteiger partial charge in [-0.05, 0) is 40.1 Å². The summed E-state index contributed by atoms with van der Waals surface area (Å²) in [5.41, 5.74) is 0.765. The predicted molar refractivity (Wildman–Crippen MR) is 99.6 cm³/mol. The Morgan fingerprint density at radius 2 is 1.41 bits per heavy atom. The van der Waals surface area contributed by atoms with Gasteiger partial charge in [-0.15, -0.1) is 0 Å². The Labute approximate surface area is 126 Å². The fourth-order valence-corrected chi connectivity index (χ4v) is 3.00. The zero-order chi connectivity index (χ0) is 9.23. The molecule has 0 aromatic heterocycles. The maximum absolute atomic E-state index is 5.03. The maximum atomic E-state index is 5.03. The molecule has 110 valence electrons. The number of hydrogen-bond acceptors (Lipinski definition) is 2. The zero-order valence-electron chi connectivity index (χ0n) is 7.53. The van der Waals surface area contributed by atoms with Gasteiger partial charge in [0.25, 0.3) is 0 Å². The Kier molecular flexibility index (Phi) is 64.3. The third kappa shape index (κ3) is 26.6. The van der Waals surface area contributed by atoms with Crippen molar-refractivity contribution in [2.75, 3.05) is 6.16 Å². The summed E-state index contributed by atoms with van der Waals surface area (Å²) in [7, 11) is 2.29. The summed E-state index contributed by atoms with van der Waals surface area (Å²) in [5.74, 6) is 0. The summed E-state index contributed by atoms with van der Waals surface area (Å²) >= 11 is 9.88. The van der Waals surface area contributed by atoms with E-state index in [0.717, 1.165) is 20.4 Å². The molecule has 4 heteroatoms. The van der Waals surface area contributed by atoms with Crippen LogP contribution in [0.15, 0.2) is 0 Å². The molecule has 0 fully saturated rings. The van der Waals surface area contributed by atoms with Crippen LogP contribution in [0.2, 0.25) is 0 Å². The lowest BCUT2D eigenvalue weighted by Gasteiger charge is -2.05. The van der Waals surface area contributed by atoms with Gasteiger partial charge in [0.05, 0.1) is 0 Å². The molecule has 0 aliphatic heterocycles. The van der Waals surface area contributed by atoms with Crippen molar-refractivity contribution >= 4 is 38.3 Å². The second-order valence-electron chi connectivity index (χ2n) is 2.87. The average molecular weight is 319 g/mol. The molecule has 0 nitrogen and oxygen atoms in total. The molecule has 0 amide bonds. The van der Waals surface area contributed by atoms with Gasteiger partial charge in [0, 0.05) is 5.66 Å². The van der Waals surface area contributed by atoms with Crippen LogP contribution in [0.1, 0.15) is 76.2 Å². The Balaban J connectivity index is -0.0000000605. The van der Waals surface area contributed by atoms with Crippen LogP contribution in [0.25, 0.3) is 0 Å². The monoisotopic (exact) mass is 318 g/mol. The number of hydrogen-bond donors (Lipinski definition) is 0. The minimum Gasteiger partial charge on any atom is -0.0776 e. The van der Waals surface area contributed by atoms with E-state index in [1.807, 2.05) is 0 Å². The summed E-state index contributed by atoms with van der Waals surface area (Å²) in [6.45, 7) is 2.23. The molecule has 0 saturated heterocycles. The fourth-order valence-electron chi connectivity index (χ4n) is 1.06. The van der Waals surface area contributed by atoms with E-state index >= 15 is 0 Å². The molecule has 0 heterocycles. The van der Waals surface area contributed by atoms with Crippen molar-refractivity contribution in [2.24, 2.45) is 0 Å². The van der Waals surface area contributed by atoms with Gasteiger partial charge < -0.3 is 0 Å². The SMILES string of the molecule is C.C.C.C.C.CCC(CCCCCP=S)P=S. The van der Waals surface area contributed by atoms with E-state index in [1.54, 1.807) is 0 Å². The van der Waals surface area contributed by atoms with Crippen molar-refractivity contribution in [1.29, 1.82) is 0 Å². The van der Waals surface area contributed by atoms with E-state index in [9.17, 15) is 0 Å². The second-order valence-corrected chi connectivity index (χ2v) is 5.92. The molecule has 0 aliphatic rings. The Morgan fingerprint density at radius 3 is 1.76 bits per heavy atom. The molecule has 0 aliphatic carbocycles. The molecule has 0 N–H and O–H groups in total. The summed E-state index contributed by atoms with van der Waals surface area (Å²) in [6.07, 6.45) is 7.73. The molecular formula is C13H36P2S2. The lowest BCUT2D eigenvalue weighted by atomic mass is 10.1. The topological polar surface area (TPSA) is 0 Å². The van der Waals surface area contributed by atoms with E-state index < -0.39 is 0 Å². The van der Waals surface area contributed by atoms with Crippen molar-refractivity contribution in [3.63, 3.8) is 0 Å². The normalized spacial score (nSPS) is 9.71. The van der Waals surface area contributed by atoms with Crippen LogP contribution < -0.4 is 0 Å². The highest BCUT2D eigenvalue weighted by molar-refractivity contribution is 7.96. The number of rotatable bonds is 8. The van der Waals surface area contributed by atoms with E-state index in [-0.39, 0.29) is 37.1 Å². The van der Waals surface area contributed by atoms with Gasteiger partial charge in [-0.25, -0.2) is 0 Å². The fraction of sp³-hybridized carbons (Fsp3) is 1.00. The van der Waals surface area contributed by atoms with Gasteiger partial charge in [0.2, 0.25) is 0 Å². The van der Waals surface area contributed by atoms with E-state index in [2.05, 4.69) is 6.92 Å². The van der Waals surface area contributed by atoms with E-state index in [0.29, 0.717) is 0 Å². The summed E-state index contributed by atoms with van der Waals surface area (Å²) < 4.78 is 0. The Bertz CT molecular complexity index is 131. The highest BCUT2D eigenvalue weighted by Crippen LogP contribution is 2.18. The van der Waals surface area contributed by atoms with Crippen LogP contribution in [0.3, 0.4) is 0 Å². The lowest BCUT2D eigenvalue weighted by Crippen LogP contribution is -1.95. The first-order chi connectivity index (χ1) is 5.85. The van der Waals surface area contributed by atoms with Crippen LogP contribution in [-0.2, 0) is 23.6 Å². The zero-order valence-corrected chi connectivity index (χ0v) is 11.0. The highest BCUT2D eigenvalue weighted by Gasteiger charge is 2.01. The van der Waals surface area contributed by atoms with Crippen molar-refractivity contribution in [2.45, 2.75) is 81.8 Å². The molecule has 0 rings (SSSR count). The second kappa shape index (κ2) is 30.2. The summed E-state index contributed by atoms with van der Waals surface area (Å²) in [6, 6.07) is 0. The molecule has 0 radical (unpaired) electrons. The largest absolute Gasteiger partial charge is 0.0776 e. The van der Waals surface area contributed by atoms with Crippen LogP contribution in [0, 0.1) is 0 Å². The van der Waals surface area contributed by atoms with Crippen molar-refractivity contribution in [3.8, 4) is 0 Å². The van der Waals surface area contributed by atoms with Crippen molar-refractivity contribution < 1.29 is 0 Å². The quantitative estimate of drug-likeness (QED) is 0.339. The summed E-state index contributed by atoms with van der Waals surface area (Å²) in [5, 5.41) is 0. The summed E-state index contributed by atoms with van der Waals surface area (Å²) in [4.78, 5) is 0. The van der Waals surface area contributed by atoms with Crippen LogP contribution in [-0.4, -0.2) is 11.8 Å². The molecule has 0 saturated carbocycles. The first-order valence-corrected chi connectivity index (χ1v) is 8.53. The van der Waals surface area contributed by atoms with Gasteiger partial charge >= 0.3 is 0 Å². The number of unbranched alkanes of at least 4 members (excludes halogenated alkanes) is 2. The Hall–Kier alpha value is 1.04. The minimum atomic E-state index is 0. The van der Waals surface area contributed by atoms with Gasteiger partial charge in [-0.3, -0.25) is 0 Å². The van der Waals surface area contributed by atoms with E-state index in [4.69, 9.17) is 23.6 Å². The molecule has 0 bridgehead atoms. The van der Waals surface area contributed by atoms with Crippen LogP contribution in [0.4, 0.5) is 0 Å². The first-order valence-electron chi connectivity index (χ1n) is 4.46. The van der Waals surface area contributed by atoms with Gasteiger partial charge in [-0.1, -0.05) is 80.5 Å². The molecule has 0 aromatic carbocycles. The third-order valence-electron chi connectivity index (χ3n) is 1.91. The smallest absolute Gasteiger partial charge is 0.0110 e. The van der Waals surface area contributed by atoms with Gasteiger partial charge in [0.15, 0.2) is 0 Å². The Morgan fingerprint density at radius 1 is 0.882 bits per heavy atom. The molecular weight excluding hydrogens is 282 g/mol. The molecule has 1 unspecified atom stereocenters. The van der Waals surface area contributed by atoms with Crippen molar-refractivity contribution in [1.82, 2.24) is 0 Å². The van der Waals surface area contributed by atoms with Crippen LogP contribution >= 0.6 is 14.7 Å². The van der Waals surface area contributed by atoms with Gasteiger partial charge in [-0.2, -0.15) is 0 Å². The predicted octanol–water partition coefficient (Wildman–Crippen LogP) is 7.32. The minimum absolute atomic E-state index is 0. The lowest BCUT2D eigenvalue weighted by molar-refractivity contribution is 0.638. The third-order valence-corrected chi connectivity index (χ3v) is 4.77. The van der Waals surface area contributed by atoms with Crippen molar-refractivity contribution in [3.05, 3.63) is 0 Å². The first kappa shape index (κ1) is 36.1. The van der Waals surface area contributed by atoms with Crippen LogP contribution in [0.5, 0.6) is 0 Å². The molecule has 17 heavy (non-hydrogen) atoms. The van der Waals surface area contributed by atoms with Gasteiger partial charge in [0.1, 0.15) is 0 Å². The molecule has 0 spiro atoms. The standard InChI is InChI=1S/C8H16P2S2.5CH4/c1-2-8(10-12)6-4-3-5-7-9-11;;;;;/h8H,2-7H2,1H3;5*1H4. The maximum Gasteiger partial charge on any atom is 0.0110 e. The molecule has 0 aromatic rings. The van der Waals surface area contributed by atoms with E-state index in [1.165, 1.54) is 38.3 Å². The molecule has 1 atom stereocenters. The highest BCUT2D eigenvalue weighted by atomic mass is 32.4.